The van der Waals surface area contributed by atoms with Crippen LogP contribution in [-0.2, 0) is 6.42 Å². The molecule has 1 fully saturated rings. The van der Waals surface area contributed by atoms with Crippen LogP contribution >= 0.6 is 11.3 Å². The quantitative estimate of drug-likeness (QED) is 0.481. The molecule has 0 aliphatic carbocycles. The first kappa shape index (κ1) is 21.3. The number of ether oxygens (including phenoxy) is 3. The molecule has 1 aromatic carbocycles. The van der Waals surface area contributed by atoms with Crippen LogP contribution in [0.4, 0.5) is 5.82 Å². The van der Waals surface area contributed by atoms with Gasteiger partial charge in [0.15, 0.2) is 5.82 Å². The van der Waals surface area contributed by atoms with Crippen molar-refractivity contribution in [3.63, 3.8) is 0 Å². The fourth-order valence-corrected chi connectivity index (χ4v) is 4.06. The number of nitrogens with one attached hydrogen (secondary N) is 1. The number of thiazole rings is 1. The molecule has 3 aromatic rings. The summed E-state index contributed by atoms with van der Waals surface area (Å²) in [5.41, 5.74) is 2.95. The number of hydrogen-bond donors (Lipinski definition) is 1. The van der Waals surface area contributed by atoms with E-state index in [9.17, 15) is 0 Å². The summed E-state index contributed by atoms with van der Waals surface area (Å²) >= 11 is 1.66. The smallest absolute Gasteiger partial charge is 0.257 e. The second-order valence-corrected chi connectivity index (χ2v) is 7.99. The van der Waals surface area contributed by atoms with E-state index in [-0.39, 0.29) is 0 Å². The average Bonchev–Trinajstić information content (AvgIpc) is 3.22. The van der Waals surface area contributed by atoms with Crippen molar-refractivity contribution in [2.75, 3.05) is 50.9 Å². The second kappa shape index (κ2) is 10.9. The summed E-state index contributed by atoms with van der Waals surface area (Å²) in [5.74, 6) is 2.87. The minimum Gasteiger partial charge on any atom is -0.493 e. The molecule has 0 unspecified atom stereocenters. The number of aryl methyl sites for hydroxylation is 1. The number of rotatable bonds is 10. The Morgan fingerprint density at radius 2 is 1.71 bits per heavy atom. The largest absolute Gasteiger partial charge is 0.493 e. The number of nitrogens with zero attached hydrogens (tertiary/aromatic N) is 4. The van der Waals surface area contributed by atoms with Gasteiger partial charge in [-0.3, -0.25) is 0 Å². The maximum absolute atomic E-state index is 5.87. The zero-order valence-corrected chi connectivity index (χ0v) is 18.4. The molecule has 164 valence electrons. The van der Waals surface area contributed by atoms with E-state index in [4.69, 9.17) is 14.2 Å². The van der Waals surface area contributed by atoms with Crippen LogP contribution in [0, 0.1) is 6.92 Å². The van der Waals surface area contributed by atoms with Crippen molar-refractivity contribution >= 4 is 17.2 Å². The Balaban J connectivity index is 1.23. The van der Waals surface area contributed by atoms with E-state index in [0.717, 1.165) is 55.6 Å². The van der Waals surface area contributed by atoms with E-state index >= 15 is 0 Å². The average molecular weight is 442 g/mol. The molecule has 0 radical (unpaired) electrons. The molecule has 0 spiro atoms. The summed E-state index contributed by atoms with van der Waals surface area (Å²) in [7, 11) is 0. The van der Waals surface area contributed by atoms with Gasteiger partial charge in [-0.15, -0.1) is 11.3 Å². The van der Waals surface area contributed by atoms with E-state index < -0.39 is 0 Å². The third-order valence-electron chi connectivity index (χ3n) is 4.90. The van der Waals surface area contributed by atoms with Crippen molar-refractivity contribution in [1.29, 1.82) is 0 Å². The number of piperazine rings is 1. The molecule has 3 heterocycles. The van der Waals surface area contributed by atoms with Crippen molar-refractivity contribution in [3.8, 4) is 17.4 Å². The molecule has 0 saturated carbocycles. The molecule has 1 aliphatic rings. The number of hydrogen-bond acceptors (Lipinski definition) is 9. The lowest BCUT2D eigenvalue weighted by Gasteiger charge is -2.28. The zero-order chi connectivity index (χ0) is 21.3. The van der Waals surface area contributed by atoms with Crippen molar-refractivity contribution in [2.24, 2.45) is 0 Å². The Kier molecular flexibility index (Phi) is 7.51. The van der Waals surface area contributed by atoms with Crippen LogP contribution in [0.25, 0.3) is 0 Å². The van der Waals surface area contributed by atoms with E-state index in [1.165, 1.54) is 4.88 Å². The molecule has 8 nitrogen and oxygen atoms in total. The van der Waals surface area contributed by atoms with Gasteiger partial charge < -0.3 is 24.4 Å². The Morgan fingerprint density at radius 3 is 2.48 bits per heavy atom. The maximum atomic E-state index is 5.87. The van der Waals surface area contributed by atoms with Crippen LogP contribution in [0.2, 0.25) is 0 Å². The fraction of sp³-hybridized carbons (Fsp3) is 0.409. The number of anilines is 1. The van der Waals surface area contributed by atoms with Gasteiger partial charge in [-0.2, -0.15) is 0 Å². The van der Waals surface area contributed by atoms with E-state index in [2.05, 4.69) is 25.2 Å². The summed E-state index contributed by atoms with van der Waals surface area (Å²) in [6, 6.07) is 7.67. The molecule has 0 amide bonds. The van der Waals surface area contributed by atoms with Gasteiger partial charge >= 0.3 is 0 Å². The van der Waals surface area contributed by atoms with Crippen molar-refractivity contribution in [1.82, 2.24) is 20.3 Å². The predicted molar refractivity (Wildman–Crippen MR) is 121 cm³/mol. The molecule has 0 atom stereocenters. The molecule has 2 aromatic heterocycles. The highest BCUT2D eigenvalue weighted by molar-refractivity contribution is 7.09. The van der Waals surface area contributed by atoms with Crippen LogP contribution in [0.3, 0.4) is 0 Å². The second-order valence-electron chi connectivity index (χ2n) is 7.05. The number of benzene rings is 1. The Labute approximate surface area is 186 Å². The van der Waals surface area contributed by atoms with Gasteiger partial charge in [-0.05, 0) is 19.1 Å². The normalized spacial score (nSPS) is 13.8. The van der Waals surface area contributed by atoms with Crippen molar-refractivity contribution in [3.05, 3.63) is 52.7 Å². The Bertz CT molecular complexity index is 962. The van der Waals surface area contributed by atoms with Crippen LogP contribution in [-0.4, -0.2) is 61.0 Å². The lowest BCUT2D eigenvalue weighted by Crippen LogP contribution is -2.44. The first-order chi connectivity index (χ1) is 15.3. The summed E-state index contributed by atoms with van der Waals surface area (Å²) < 4.78 is 17.6. The molecular formula is C22H27N5O3S. The highest BCUT2D eigenvalue weighted by atomic mass is 32.1. The molecule has 1 saturated heterocycles. The summed E-state index contributed by atoms with van der Waals surface area (Å²) in [5, 5.41) is 3.34. The first-order valence-electron chi connectivity index (χ1n) is 10.4. The molecule has 0 bridgehead atoms. The number of aromatic nitrogens is 3. The van der Waals surface area contributed by atoms with Gasteiger partial charge in [0.25, 0.3) is 5.88 Å². The van der Waals surface area contributed by atoms with Gasteiger partial charge in [0.1, 0.15) is 24.7 Å². The standard InChI is InChI=1S/C22H27N5O3S/c1-17-20(31-16-26-17)5-12-28-18-3-2-4-19(15-18)29-13-14-30-22-21(24-6-7-25-22)27-10-8-23-9-11-27/h2-4,6-7,15-16,23H,5,8-14H2,1H3. The van der Waals surface area contributed by atoms with Gasteiger partial charge in [-0.25, -0.2) is 15.0 Å². The van der Waals surface area contributed by atoms with Crippen LogP contribution in [0.5, 0.6) is 17.4 Å². The summed E-state index contributed by atoms with van der Waals surface area (Å²) in [6.07, 6.45) is 4.20. The molecule has 1 N–H and O–H groups in total. The summed E-state index contributed by atoms with van der Waals surface area (Å²) in [4.78, 5) is 16.5. The van der Waals surface area contributed by atoms with Crippen molar-refractivity contribution < 1.29 is 14.2 Å². The third-order valence-corrected chi connectivity index (χ3v) is 5.90. The minimum atomic E-state index is 0.382. The highest BCUT2D eigenvalue weighted by Crippen LogP contribution is 2.23. The predicted octanol–water partition coefficient (Wildman–Crippen LogP) is 2.73. The van der Waals surface area contributed by atoms with Gasteiger partial charge in [-0.1, -0.05) is 6.07 Å². The Morgan fingerprint density at radius 1 is 0.968 bits per heavy atom. The molecule has 9 heteroatoms. The van der Waals surface area contributed by atoms with Gasteiger partial charge in [0, 0.05) is 55.9 Å². The third kappa shape index (κ3) is 6.05. The van der Waals surface area contributed by atoms with Gasteiger partial charge in [0.2, 0.25) is 0 Å². The highest BCUT2D eigenvalue weighted by Gasteiger charge is 2.17. The van der Waals surface area contributed by atoms with Crippen LogP contribution < -0.4 is 24.4 Å². The van der Waals surface area contributed by atoms with Crippen molar-refractivity contribution in [2.45, 2.75) is 13.3 Å². The lowest BCUT2D eigenvalue weighted by atomic mass is 10.3. The SMILES string of the molecule is Cc1ncsc1CCOc1cccc(OCCOc2nccnc2N2CCNCC2)c1. The van der Waals surface area contributed by atoms with Crippen LogP contribution in [0.15, 0.2) is 42.2 Å². The van der Waals surface area contributed by atoms with Gasteiger partial charge in [0.05, 0.1) is 17.8 Å². The topological polar surface area (TPSA) is 81.6 Å². The lowest BCUT2D eigenvalue weighted by molar-refractivity contribution is 0.211. The Hall–Kier alpha value is -2.91. The van der Waals surface area contributed by atoms with E-state index in [1.807, 2.05) is 36.7 Å². The molecule has 31 heavy (non-hydrogen) atoms. The van der Waals surface area contributed by atoms with E-state index in [1.54, 1.807) is 23.7 Å². The maximum Gasteiger partial charge on any atom is 0.257 e. The first-order valence-corrected chi connectivity index (χ1v) is 11.3. The van der Waals surface area contributed by atoms with Crippen LogP contribution in [0.1, 0.15) is 10.6 Å². The summed E-state index contributed by atoms with van der Waals surface area (Å²) in [6.45, 7) is 7.06. The van der Waals surface area contributed by atoms with E-state index in [0.29, 0.717) is 25.7 Å². The molecule has 4 rings (SSSR count). The fourth-order valence-electron chi connectivity index (χ4n) is 3.29. The minimum absolute atomic E-state index is 0.382. The molecular weight excluding hydrogens is 414 g/mol. The zero-order valence-electron chi connectivity index (χ0n) is 17.6. The monoisotopic (exact) mass is 441 g/mol. The molecule has 1 aliphatic heterocycles.